The van der Waals surface area contributed by atoms with Crippen molar-refractivity contribution in [2.24, 2.45) is 10.1 Å². The SMILES string of the molecule is CC(N)=NS(=O)(=O)C=Cc1ccccc1Cl. The van der Waals surface area contributed by atoms with Gasteiger partial charge in [-0.1, -0.05) is 29.8 Å². The highest BCUT2D eigenvalue weighted by Gasteiger charge is 2.02. The Morgan fingerprint density at radius 3 is 2.62 bits per heavy atom. The minimum absolute atomic E-state index is 0.0104. The summed E-state index contributed by atoms with van der Waals surface area (Å²) in [6.45, 7) is 1.40. The van der Waals surface area contributed by atoms with Crippen LogP contribution in [0.1, 0.15) is 12.5 Å². The minimum atomic E-state index is -3.67. The molecule has 16 heavy (non-hydrogen) atoms. The molecular weight excluding hydrogens is 248 g/mol. The first-order valence-corrected chi connectivity index (χ1v) is 6.28. The summed E-state index contributed by atoms with van der Waals surface area (Å²) in [5.41, 5.74) is 5.80. The van der Waals surface area contributed by atoms with Gasteiger partial charge in [-0.25, -0.2) is 0 Å². The maximum atomic E-state index is 11.3. The number of rotatable bonds is 3. The number of halogens is 1. The normalized spacial score (nSPS) is 13.2. The lowest BCUT2D eigenvalue weighted by Gasteiger charge is -1.96. The maximum Gasteiger partial charge on any atom is 0.277 e. The summed E-state index contributed by atoms with van der Waals surface area (Å²) >= 11 is 5.85. The zero-order valence-electron chi connectivity index (χ0n) is 8.59. The lowest BCUT2D eigenvalue weighted by Crippen LogP contribution is -2.08. The van der Waals surface area contributed by atoms with Crippen molar-refractivity contribution in [1.82, 2.24) is 0 Å². The smallest absolute Gasteiger partial charge is 0.277 e. The van der Waals surface area contributed by atoms with Gasteiger partial charge in [-0.2, -0.15) is 8.42 Å². The van der Waals surface area contributed by atoms with E-state index in [0.717, 1.165) is 5.41 Å². The van der Waals surface area contributed by atoms with Gasteiger partial charge in [-0.05, 0) is 24.6 Å². The molecule has 0 bridgehead atoms. The summed E-state index contributed by atoms with van der Waals surface area (Å²) in [6, 6.07) is 6.89. The van der Waals surface area contributed by atoms with Crippen LogP contribution in [0, 0.1) is 0 Å². The van der Waals surface area contributed by atoms with Crippen molar-refractivity contribution < 1.29 is 8.42 Å². The molecule has 0 aliphatic heterocycles. The zero-order valence-corrected chi connectivity index (χ0v) is 10.2. The molecule has 0 aliphatic carbocycles. The molecule has 0 spiro atoms. The van der Waals surface area contributed by atoms with E-state index in [0.29, 0.717) is 10.6 Å². The average molecular weight is 259 g/mol. The van der Waals surface area contributed by atoms with Gasteiger partial charge in [0.15, 0.2) is 0 Å². The highest BCUT2D eigenvalue weighted by atomic mass is 35.5. The van der Waals surface area contributed by atoms with Gasteiger partial charge < -0.3 is 5.73 Å². The van der Waals surface area contributed by atoms with E-state index in [1.54, 1.807) is 24.3 Å². The molecule has 4 nitrogen and oxygen atoms in total. The van der Waals surface area contributed by atoms with Crippen LogP contribution < -0.4 is 5.73 Å². The molecule has 1 aromatic carbocycles. The average Bonchev–Trinajstić information content (AvgIpc) is 2.14. The van der Waals surface area contributed by atoms with Crippen molar-refractivity contribution in [3.05, 3.63) is 40.3 Å². The van der Waals surface area contributed by atoms with Gasteiger partial charge in [0, 0.05) is 5.02 Å². The number of hydrogen-bond acceptors (Lipinski definition) is 2. The monoisotopic (exact) mass is 258 g/mol. The van der Waals surface area contributed by atoms with Gasteiger partial charge in [0.25, 0.3) is 10.0 Å². The highest BCUT2D eigenvalue weighted by molar-refractivity contribution is 7.93. The maximum absolute atomic E-state index is 11.3. The van der Waals surface area contributed by atoms with Crippen molar-refractivity contribution in [3.63, 3.8) is 0 Å². The van der Waals surface area contributed by atoms with Gasteiger partial charge in [-0.15, -0.1) is 4.40 Å². The molecule has 1 aromatic rings. The fourth-order valence-electron chi connectivity index (χ4n) is 1.00. The number of nitrogens with zero attached hydrogens (tertiary/aromatic N) is 1. The molecule has 0 fully saturated rings. The van der Waals surface area contributed by atoms with Crippen LogP contribution in [-0.2, 0) is 10.0 Å². The molecule has 86 valence electrons. The Balaban J connectivity index is 2.99. The summed E-state index contributed by atoms with van der Waals surface area (Å²) < 4.78 is 25.9. The molecule has 2 N–H and O–H groups in total. The molecule has 0 amide bonds. The lowest BCUT2D eigenvalue weighted by molar-refractivity contribution is 0.606. The number of amidine groups is 1. The molecule has 0 aliphatic rings. The van der Waals surface area contributed by atoms with Crippen molar-refractivity contribution in [1.29, 1.82) is 0 Å². The highest BCUT2D eigenvalue weighted by Crippen LogP contribution is 2.16. The molecule has 1 rings (SSSR count). The van der Waals surface area contributed by atoms with E-state index in [-0.39, 0.29) is 5.84 Å². The number of nitrogens with two attached hydrogens (primary N) is 1. The van der Waals surface area contributed by atoms with Gasteiger partial charge in [0.1, 0.15) is 5.84 Å². The Labute approximate surface area is 99.5 Å². The molecule has 0 heterocycles. The molecule has 0 saturated heterocycles. The van der Waals surface area contributed by atoms with Crippen LogP contribution in [0.15, 0.2) is 34.1 Å². The topological polar surface area (TPSA) is 72.5 Å². The second-order valence-electron chi connectivity index (χ2n) is 3.07. The molecule has 0 saturated carbocycles. The van der Waals surface area contributed by atoms with E-state index in [1.807, 2.05) is 0 Å². The summed E-state index contributed by atoms with van der Waals surface area (Å²) in [6.07, 6.45) is 1.38. The van der Waals surface area contributed by atoms with Gasteiger partial charge in [0.2, 0.25) is 0 Å². The zero-order chi connectivity index (χ0) is 12.2. The first-order chi connectivity index (χ1) is 7.41. The number of hydrogen-bond donors (Lipinski definition) is 1. The third-order valence-electron chi connectivity index (χ3n) is 1.60. The van der Waals surface area contributed by atoms with E-state index in [4.69, 9.17) is 17.3 Å². The predicted octanol–water partition coefficient (Wildman–Crippen LogP) is 2.02. The quantitative estimate of drug-likeness (QED) is 0.666. The van der Waals surface area contributed by atoms with E-state index in [1.165, 1.54) is 13.0 Å². The Morgan fingerprint density at radius 1 is 1.44 bits per heavy atom. The fraction of sp³-hybridized carbons (Fsp3) is 0.100. The van der Waals surface area contributed by atoms with Crippen LogP contribution >= 0.6 is 11.6 Å². The minimum Gasteiger partial charge on any atom is -0.387 e. The van der Waals surface area contributed by atoms with Gasteiger partial charge in [0.05, 0.1) is 5.41 Å². The van der Waals surface area contributed by atoms with Crippen molar-refractivity contribution in [3.8, 4) is 0 Å². The Morgan fingerprint density at radius 2 is 2.06 bits per heavy atom. The summed E-state index contributed by atoms with van der Waals surface area (Å²) in [5.74, 6) is -0.0104. The third kappa shape index (κ3) is 4.04. The van der Waals surface area contributed by atoms with Gasteiger partial charge >= 0.3 is 0 Å². The predicted molar refractivity (Wildman–Crippen MR) is 66.7 cm³/mol. The summed E-state index contributed by atoms with van der Waals surface area (Å²) in [5, 5.41) is 1.44. The number of sulfonamides is 1. The van der Waals surface area contributed by atoms with Crippen LogP contribution in [0.3, 0.4) is 0 Å². The largest absolute Gasteiger partial charge is 0.387 e. The van der Waals surface area contributed by atoms with Crippen LogP contribution in [0.4, 0.5) is 0 Å². The van der Waals surface area contributed by atoms with E-state index in [9.17, 15) is 8.42 Å². The van der Waals surface area contributed by atoms with Crippen LogP contribution in [-0.4, -0.2) is 14.3 Å². The Kier molecular flexibility index (Phi) is 4.09. The standard InChI is InChI=1S/C10H11ClN2O2S/c1-8(12)13-16(14,15)7-6-9-4-2-3-5-10(9)11/h2-7H,1H3,(H2,12,13). The first kappa shape index (κ1) is 12.7. The van der Waals surface area contributed by atoms with Crippen molar-refractivity contribution in [2.75, 3.05) is 0 Å². The Hall–Kier alpha value is -1.33. The Bertz CT molecular complexity index is 532. The molecular formula is C10H11ClN2O2S. The summed E-state index contributed by atoms with van der Waals surface area (Å²) in [4.78, 5) is 0. The molecule has 0 unspecified atom stereocenters. The fourth-order valence-corrected chi connectivity index (χ4v) is 1.98. The first-order valence-electron chi connectivity index (χ1n) is 4.40. The van der Waals surface area contributed by atoms with E-state index in [2.05, 4.69) is 4.40 Å². The van der Waals surface area contributed by atoms with Crippen LogP contribution in [0.25, 0.3) is 6.08 Å². The molecule has 0 aromatic heterocycles. The molecule has 6 heteroatoms. The number of benzene rings is 1. The molecule has 0 atom stereocenters. The second-order valence-corrected chi connectivity index (χ2v) is 4.96. The third-order valence-corrected chi connectivity index (χ3v) is 2.96. The van der Waals surface area contributed by atoms with E-state index < -0.39 is 10.0 Å². The van der Waals surface area contributed by atoms with Crippen molar-refractivity contribution >= 4 is 33.5 Å². The van der Waals surface area contributed by atoms with Gasteiger partial charge in [-0.3, -0.25) is 0 Å². The van der Waals surface area contributed by atoms with Crippen LogP contribution in [0.2, 0.25) is 5.02 Å². The second kappa shape index (κ2) is 5.14. The van der Waals surface area contributed by atoms with E-state index >= 15 is 0 Å². The summed E-state index contributed by atoms with van der Waals surface area (Å²) in [7, 11) is -3.67. The molecule has 0 radical (unpaired) electrons. The van der Waals surface area contributed by atoms with Crippen LogP contribution in [0.5, 0.6) is 0 Å². The lowest BCUT2D eigenvalue weighted by atomic mass is 10.2. The van der Waals surface area contributed by atoms with Crippen molar-refractivity contribution in [2.45, 2.75) is 6.92 Å².